The summed E-state index contributed by atoms with van der Waals surface area (Å²) in [6.45, 7) is -0.0879. The molecule has 104 valence electrons. The molecule has 1 aromatic heterocycles. The summed E-state index contributed by atoms with van der Waals surface area (Å²) < 4.78 is 37.9. The Morgan fingerprint density at radius 1 is 1.42 bits per heavy atom. The SMILES string of the molecule is O=C(c1ccc(=O)[nH]n1)N1CCC[C@H](C(F)(F)F)C1. The number of hydrogen-bond acceptors (Lipinski definition) is 3. The van der Waals surface area contributed by atoms with Crippen LogP contribution in [0.5, 0.6) is 0 Å². The predicted molar refractivity (Wildman–Crippen MR) is 59.5 cm³/mol. The van der Waals surface area contributed by atoms with Crippen LogP contribution < -0.4 is 5.56 Å². The molecule has 1 amide bonds. The van der Waals surface area contributed by atoms with E-state index in [4.69, 9.17) is 0 Å². The summed E-state index contributed by atoms with van der Waals surface area (Å²) in [5, 5.41) is 5.62. The minimum Gasteiger partial charge on any atom is -0.337 e. The molecule has 19 heavy (non-hydrogen) atoms. The number of likely N-dealkylation sites (tertiary alicyclic amines) is 1. The fourth-order valence-corrected chi connectivity index (χ4v) is 2.05. The topological polar surface area (TPSA) is 66.1 Å². The molecule has 1 aliphatic rings. The van der Waals surface area contributed by atoms with Gasteiger partial charge in [-0.3, -0.25) is 9.59 Å². The maximum atomic E-state index is 12.6. The van der Waals surface area contributed by atoms with Gasteiger partial charge in [0.15, 0.2) is 0 Å². The average molecular weight is 275 g/mol. The Labute approximate surface area is 106 Å². The number of aromatic amines is 1. The van der Waals surface area contributed by atoms with Gasteiger partial charge in [0.2, 0.25) is 0 Å². The lowest BCUT2D eigenvalue weighted by Crippen LogP contribution is -2.45. The highest BCUT2D eigenvalue weighted by Gasteiger charge is 2.42. The first-order chi connectivity index (χ1) is 8.88. The largest absolute Gasteiger partial charge is 0.393 e. The molecule has 0 saturated carbocycles. The standard InChI is InChI=1S/C11H12F3N3O2/c12-11(13,14)7-2-1-5-17(6-7)10(19)8-3-4-9(18)16-15-8/h3-4,7H,1-2,5-6H2,(H,16,18)/t7-/m0/s1. The van der Waals surface area contributed by atoms with Gasteiger partial charge in [-0.15, -0.1) is 0 Å². The van der Waals surface area contributed by atoms with Crippen molar-refractivity contribution in [1.29, 1.82) is 0 Å². The number of amides is 1. The molecule has 1 atom stereocenters. The molecule has 0 radical (unpaired) electrons. The van der Waals surface area contributed by atoms with Crippen molar-refractivity contribution in [3.63, 3.8) is 0 Å². The summed E-state index contributed by atoms with van der Waals surface area (Å²) in [5.74, 6) is -2.09. The monoisotopic (exact) mass is 275 g/mol. The Morgan fingerprint density at radius 2 is 2.16 bits per heavy atom. The quantitative estimate of drug-likeness (QED) is 0.837. The van der Waals surface area contributed by atoms with Crippen molar-refractivity contribution < 1.29 is 18.0 Å². The zero-order valence-electron chi connectivity index (χ0n) is 9.91. The molecule has 0 spiro atoms. The molecule has 1 N–H and O–H groups in total. The number of carbonyl (C=O) groups is 1. The lowest BCUT2D eigenvalue weighted by atomic mass is 9.97. The number of nitrogens with one attached hydrogen (secondary N) is 1. The minimum absolute atomic E-state index is 0.0341. The zero-order valence-corrected chi connectivity index (χ0v) is 9.91. The number of hydrogen-bond donors (Lipinski definition) is 1. The average Bonchev–Trinajstić information content (AvgIpc) is 2.38. The Balaban J connectivity index is 2.11. The molecule has 1 aliphatic heterocycles. The highest BCUT2D eigenvalue weighted by molar-refractivity contribution is 5.92. The normalized spacial score (nSPS) is 20.4. The van der Waals surface area contributed by atoms with Gasteiger partial charge in [0.1, 0.15) is 5.69 Å². The molecule has 2 heterocycles. The summed E-state index contributed by atoms with van der Waals surface area (Å²) in [6, 6.07) is 2.32. The van der Waals surface area contributed by atoms with Crippen molar-refractivity contribution >= 4 is 5.91 Å². The van der Waals surface area contributed by atoms with Gasteiger partial charge in [-0.25, -0.2) is 5.10 Å². The fourth-order valence-electron chi connectivity index (χ4n) is 2.05. The highest BCUT2D eigenvalue weighted by atomic mass is 19.4. The number of rotatable bonds is 1. The lowest BCUT2D eigenvalue weighted by Gasteiger charge is -2.33. The van der Waals surface area contributed by atoms with E-state index in [1.165, 1.54) is 6.07 Å². The van der Waals surface area contributed by atoms with Crippen molar-refractivity contribution in [3.05, 3.63) is 28.2 Å². The van der Waals surface area contributed by atoms with Crippen molar-refractivity contribution in [3.8, 4) is 0 Å². The maximum Gasteiger partial charge on any atom is 0.393 e. The molecule has 0 unspecified atom stereocenters. The van der Waals surface area contributed by atoms with Crippen molar-refractivity contribution in [2.45, 2.75) is 19.0 Å². The van der Waals surface area contributed by atoms with Crippen LogP contribution in [0.15, 0.2) is 16.9 Å². The molecule has 5 nitrogen and oxygen atoms in total. The molecule has 8 heteroatoms. The second-order valence-electron chi connectivity index (χ2n) is 4.44. The van der Waals surface area contributed by atoms with Gasteiger partial charge in [0.05, 0.1) is 5.92 Å². The van der Waals surface area contributed by atoms with E-state index in [2.05, 4.69) is 10.2 Å². The third-order valence-corrected chi connectivity index (χ3v) is 3.07. The fraction of sp³-hybridized carbons (Fsp3) is 0.545. The number of carbonyl (C=O) groups excluding carboxylic acids is 1. The Bertz CT molecular complexity index is 506. The third kappa shape index (κ3) is 3.12. The van der Waals surface area contributed by atoms with Crippen LogP contribution in [0.2, 0.25) is 0 Å². The summed E-state index contributed by atoms with van der Waals surface area (Å²) >= 11 is 0. The van der Waals surface area contributed by atoms with E-state index >= 15 is 0 Å². The molecular weight excluding hydrogens is 263 g/mol. The van der Waals surface area contributed by atoms with Gasteiger partial charge in [0.25, 0.3) is 11.5 Å². The minimum atomic E-state index is -4.29. The molecule has 0 aromatic carbocycles. The number of halogens is 3. The van der Waals surface area contributed by atoms with Gasteiger partial charge in [-0.2, -0.15) is 18.3 Å². The van der Waals surface area contributed by atoms with E-state index in [9.17, 15) is 22.8 Å². The van der Waals surface area contributed by atoms with E-state index < -0.39 is 23.6 Å². The van der Waals surface area contributed by atoms with Gasteiger partial charge in [0, 0.05) is 19.2 Å². The molecule has 1 fully saturated rings. The Hall–Kier alpha value is -1.86. The van der Waals surface area contributed by atoms with Crippen LogP contribution in [-0.4, -0.2) is 40.3 Å². The molecular formula is C11H12F3N3O2. The summed E-state index contributed by atoms with van der Waals surface area (Å²) in [4.78, 5) is 23.9. The smallest absolute Gasteiger partial charge is 0.337 e. The second-order valence-corrected chi connectivity index (χ2v) is 4.44. The van der Waals surface area contributed by atoms with E-state index in [0.717, 1.165) is 11.0 Å². The van der Waals surface area contributed by atoms with Crippen LogP contribution in [0.4, 0.5) is 13.2 Å². The van der Waals surface area contributed by atoms with E-state index in [1.807, 2.05) is 0 Å². The molecule has 1 saturated heterocycles. The van der Waals surface area contributed by atoms with Crippen molar-refractivity contribution in [1.82, 2.24) is 15.1 Å². The zero-order chi connectivity index (χ0) is 14.0. The van der Waals surface area contributed by atoms with E-state index in [0.29, 0.717) is 6.42 Å². The number of nitrogens with zero attached hydrogens (tertiary/aromatic N) is 2. The molecule has 2 rings (SSSR count). The highest BCUT2D eigenvalue weighted by Crippen LogP contribution is 2.33. The lowest BCUT2D eigenvalue weighted by molar-refractivity contribution is -0.184. The third-order valence-electron chi connectivity index (χ3n) is 3.07. The number of H-pyrrole nitrogens is 1. The van der Waals surface area contributed by atoms with Gasteiger partial charge in [-0.05, 0) is 18.9 Å². The first-order valence-electron chi connectivity index (χ1n) is 5.79. The van der Waals surface area contributed by atoms with Gasteiger partial charge in [-0.1, -0.05) is 0 Å². The molecule has 0 aliphatic carbocycles. The second kappa shape index (κ2) is 5.02. The van der Waals surface area contributed by atoms with Crippen LogP contribution in [0.25, 0.3) is 0 Å². The van der Waals surface area contributed by atoms with Crippen LogP contribution in [0.1, 0.15) is 23.3 Å². The van der Waals surface area contributed by atoms with Crippen molar-refractivity contribution in [2.24, 2.45) is 5.92 Å². The van der Waals surface area contributed by atoms with Crippen molar-refractivity contribution in [2.75, 3.05) is 13.1 Å². The maximum absolute atomic E-state index is 12.6. The predicted octanol–water partition coefficient (Wildman–Crippen LogP) is 1.18. The van der Waals surface area contributed by atoms with Gasteiger partial charge < -0.3 is 4.90 Å². The number of alkyl halides is 3. The summed E-state index contributed by atoms with van der Waals surface area (Å²) in [6.07, 6.45) is -3.96. The number of piperidine rings is 1. The summed E-state index contributed by atoms with van der Waals surface area (Å²) in [5.41, 5.74) is -0.522. The molecule has 0 bridgehead atoms. The Kier molecular flexibility index (Phi) is 3.59. The van der Waals surface area contributed by atoms with Gasteiger partial charge >= 0.3 is 6.18 Å². The van der Waals surface area contributed by atoms with E-state index in [1.54, 1.807) is 0 Å². The number of aromatic nitrogens is 2. The molecule has 1 aromatic rings. The van der Waals surface area contributed by atoms with Crippen LogP contribution in [0.3, 0.4) is 0 Å². The van der Waals surface area contributed by atoms with E-state index in [-0.39, 0.29) is 25.2 Å². The van der Waals surface area contributed by atoms with Crippen LogP contribution in [0, 0.1) is 5.92 Å². The Morgan fingerprint density at radius 3 is 2.74 bits per heavy atom. The first-order valence-corrected chi connectivity index (χ1v) is 5.79. The van der Waals surface area contributed by atoms with Crippen LogP contribution >= 0.6 is 0 Å². The van der Waals surface area contributed by atoms with Crippen LogP contribution in [-0.2, 0) is 0 Å². The summed E-state index contributed by atoms with van der Waals surface area (Å²) in [7, 11) is 0. The first kappa shape index (κ1) is 13.6.